The van der Waals surface area contributed by atoms with Crippen LogP contribution in [0.1, 0.15) is 38.7 Å². The Kier molecular flexibility index (Phi) is 6.95. The molecular weight excluding hydrogens is 296 g/mol. The Morgan fingerprint density at radius 2 is 2.00 bits per heavy atom. The molecule has 0 aliphatic carbocycles. The van der Waals surface area contributed by atoms with E-state index >= 15 is 0 Å². The number of halogens is 1. The van der Waals surface area contributed by atoms with Crippen LogP contribution in [-0.2, 0) is 16.6 Å². The van der Waals surface area contributed by atoms with Crippen molar-refractivity contribution >= 4 is 21.6 Å². The molecule has 0 fully saturated rings. The molecule has 114 valence electrons. The van der Waals surface area contributed by atoms with E-state index in [1.54, 1.807) is 12.1 Å². The number of rotatable bonds is 8. The smallest absolute Gasteiger partial charge is 0.240 e. The second-order valence-corrected chi connectivity index (χ2v) is 6.92. The second kappa shape index (κ2) is 7.98. The molecule has 0 heterocycles. The molecule has 1 aromatic rings. The Bertz CT molecular complexity index is 532. The van der Waals surface area contributed by atoms with Gasteiger partial charge in [-0.3, -0.25) is 0 Å². The van der Waals surface area contributed by atoms with Crippen molar-refractivity contribution in [2.75, 3.05) is 7.05 Å². The average Bonchev–Trinajstić information content (AvgIpc) is 2.40. The van der Waals surface area contributed by atoms with Crippen molar-refractivity contribution in [2.45, 2.75) is 50.6 Å². The quantitative estimate of drug-likeness (QED) is 0.775. The number of hydrogen-bond donors (Lipinski definition) is 2. The van der Waals surface area contributed by atoms with Crippen LogP contribution in [0.2, 0.25) is 5.02 Å². The summed E-state index contributed by atoms with van der Waals surface area (Å²) in [5.74, 6) is 0. The first kappa shape index (κ1) is 17.4. The van der Waals surface area contributed by atoms with Crippen LogP contribution in [0, 0.1) is 0 Å². The van der Waals surface area contributed by atoms with Crippen LogP contribution < -0.4 is 10.0 Å². The van der Waals surface area contributed by atoms with Gasteiger partial charge in [0.15, 0.2) is 0 Å². The summed E-state index contributed by atoms with van der Waals surface area (Å²) in [5, 5.41) is 3.46. The Labute approximate surface area is 127 Å². The van der Waals surface area contributed by atoms with Gasteiger partial charge in [-0.2, -0.15) is 0 Å². The van der Waals surface area contributed by atoms with Crippen molar-refractivity contribution in [3.8, 4) is 0 Å². The van der Waals surface area contributed by atoms with Crippen molar-refractivity contribution in [1.29, 1.82) is 0 Å². The Hall–Kier alpha value is -0.620. The maximum absolute atomic E-state index is 12.3. The predicted molar refractivity (Wildman–Crippen MR) is 83.5 cm³/mol. The predicted octanol–water partition coefficient (Wildman–Crippen LogP) is 2.92. The van der Waals surface area contributed by atoms with Crippen LogP contribution in [0.5, 0.6) is 0 Å². The highest BCUT2D eigenvalue weighted by molar-refractivity contribution is 7.89. The molecule has 0 saturated carbocycles. The number of sulfonamides is 1. The van der Waals surface area contributed by atoms with Gasteiger partial charge in [-0.1, -0.05) is 37.9 Å². The summed E-state index contributed by atoms with van der Waals surface area (Å²) in [6.07, 6.45) is 2.56. The minimum Gasteiger partial charge on any atom is -0.316 e. The van der Waals surface area contributed by atoms with Crippen LogP contribution in [0.3, 0.4) is 0 Å². The summed E-state index contributed by atoms with van der Waals surface area (Å²) < 4.78 is 27.4. The molecule has 6 heteroatoms. The highest BCUT2D eigenvalue weighted by atomic mass is 35.5. The van der Waals surface area contributed by atoms with Gasteiger partial charge in [0.2, 0.25) is 10.0 Å². The fourth-order valence-corrected chi connectivity index (χ4v) is 3.70. The Morgan fingerprint density at radius 3 is 2.50 bits per heavy atom. The lowest BCUT2D eigenvalue weighted by atomic mass is 10.1. The monoisotopic (exact) mass is 318 g/mol. The van der Waals surface area contributed by atoms with E-state index in [-0.39, 0.29) is 10.9 Å². The molecule has 1 atom stereocenters. The third-order valence-electron chi connectivity index (χ3n) is 3.15. The van der Waals surface area contributed by atoms with Gasteiger partial charge in [-0.25, -0.2) is 13.1 Å². The van der Waals surface area contributed by atoms with Gasteiger partial charge in [0.1, 0.15) is 0 Å². The average molecular weight is 319 g/mol. The van der Waals surface area contributed by atoms with Crippen molar-refractivity contribution in [3.05, 3.63) is 28.8 Å². The van der Waals surface area contributed by atoms with E-state index in [9.17, 15) is 8.42 Å². The minimum absolute atomic E-state index is 0.0271. The molecule has 0 aliphatic heterocycles. The fourth-order valence-electron chi connectivity index (χ4n) is 2.01. The zero-order valence-corrected chi connectivity index (χ0v) is 13.8. The van der Waals surface area contributed by atoms with E-state index in [0.29, 0.717) is 11.6 Å². The number of nitrogens with one attached hydrogen (secondary N) is 2. The maximum atomic E-state index is 12.3. The summed E-state index contributed by atoms with van der Waals surface area (Å²) in [6, 6.07) is 4.82. The second-order valence-electron chi connectivity index (χ2n) is 4.80. The van der Waals surface area contributed by atoms with Gasteiger partial charge in [0, 0.05) is 17.6 Å². The van der Waals surface area contributed by atoms with Crippen molar-refractivity contribution in [2.24, 2.45) is 0 Å². The van der Waals surface area contributed by atoms with Gasteiger partial charge in [-0.15, -0.1) is 0 Å². The Morgan fingerprint density at radius 1 is 1.30 bits per heavy atom. The van der Waals surface area contributed by atoms with E-state index in [0.717, 1.165) is 24.8 Å². The van der Waals surface area contributed by atoms with E-state index < -0.39 is 10.0 Å². The molecule has 0 aromatic heterocycles. The van der Waals surface area contributed by atoms with Crippen LogP contribution in [0.4, 0.5) is 0 Å². The first-order valence-corrected chi connectivity index (χ1v) is 8.76. The van der Waals surface area contributed by atoms with Crippen molar-refractivity contribution in [1.82, 2.24) is 10.0 Å². The molecule has 0 bridgehead atoms. The van der Waals surface area contributed by atoms with Crippen LogP contribution in [0.15, 0.2) is 23.1 Å². The molecule has 4 nitrogen and oxygen atoms in total. The zero-order chi connectivity index (χ0) is 15.2. The van der Waals surface area contributed by atoms with E-state index in [2.05, 4.69) is 10.0 Å². The fraction of sp³-hybridized carbons (Fsp3) is 0.571. The molecule has 2 N–H and O–H groups in total. The molecular formula is C14H23ClN2O2S. The molecule has 0 spiro atoms. The highest BCUT2D eigenvalue weighted by Gasteiger charge is 2.19. The maximum Gasteiger partial charge on any atom is 0.240 e. The molecule has 0 radical (unpaired) electrons. The number of hydrogen-bond acceptors (Lipinski definition) is 3. The lowest BCUT2D eigenvalue weighted by molar-refractivity contribution is 0.512. The molecule has 0 aliphatic rings. The minimum atomic E-state index is -3.50. The summed E-state index contributed by atoms with van der Waals surface area (Å²) >= 11 is 6.11. The van der Waals surface area contributed by atoms with E-state index in [1.165, 1.54) is 6.07 Å². The van der Waals surface area contributed by atoms with Gasteiger partial charge in [0.25, 0.3) is 0 Å². The first-order chi connectivity index (χ1) is 9.44. The molecule has 1 aromatic carbocycles. The summed E-state index contributed by atoms with van der Waals surface area (Å²) in [4.78, 5) is 0.219. The molecule has 1 rings (SSSR count). The zero-order valence-electron chi connectivity index (χ0n) is 12.2. The molecule has 0 amide bonds. The van der Waals surface area contributed by atoms with Crippen LogP contribution in [-0.4, -0.2) is 21.5 Å². The largest absolute Gasteiger partial charge is 0.316 e. The third-order valence-corrected chi connectivity index (χ3v) is 5.02. The standard InChI is InChI=1S/C14H23ClN2O2S/c1-4-6-12(5-2)17-20(18,19)13-8-7-11(10-16-3)14(15)9-13/h7-9,12,16-17H,4-6,10H2,1-3H3. The van der Waals surface area contributed by atoms with Crippen LogP contribution in [0.25, 0.3) is 0 Å². The van der Waals surface area contributed by atoms with Gasteiger partial charge in [-0.05, 0) is 37.6 Å². The summed E-state index contributed by atoms with van der Waals surface area (Å²) in [6.45, 7) is 4.63. The van der Waals surface area contributed by atoms with Crippen molar-refractivity contribution in [3.63, 3.8) is 0 Å². The van der Waals surface area contributed by atoms with Gasteiger partial charge in [0.05, 0.1) is 4.90 Å². The normalized spacial score (nSPS) is 13.4. The number of benzene rings is 1. The topological polar surface area (TPSA) is 58.2 Å². The molecule has 20 heavy (non-hydrogen) atoms. The lowest BCUT2D eigenvalue weighted by Gasteiger charge is -2.16. The molecule has 0 saturated heterocycles. The Balaban J connectivity index is 2.95. The van der Waals surface area contributed by atoms with E-state index in [4.69, 9.17) is 11.6 Å². The van der Waals surface area contributed by atoms with Gasteiger partial charge < -0.3 is 5.32 Å². The van der Waals surface area contributed by atoms with Crippen molar-refractivity contribution < 1.29 is 8.42 Å². The first-order valence-electron chi connectivity index (χ1n) is 6.90. The van der Waals surface area contributed by atoms with Crippen LogP contribution >= 0.6 is 11.6 Å². The SMILES string of the molecule is CCCC(CC)NS(=O)(=O)c1ccc(CNC)c(Cl)c1. The summed E-state index contributed by atoms with van der Waals surface area (Å²) in [7, 11) is -1.68. The summed E-state index contributed by atoms with van der Waals surface area (Å²) in [5.41, 5.74) is 0.883. The molecule has 1 unspecified atom stereocenters. The van der Waals surface area contributed by atoms with E-state index in [1.807, 2.05) is 20.9 Å². The lowest BCUT2D eigenvalue weighted by Crippen LogP contribution is -2.34. The van der Waals surface area contributed by atoms with Gasteiger partial charge >= 0.3 is 0 Å². The third kappa shape index (κ3) is 4.74. The highest BCUT2D eigenvalue weighted by Crippen LogP contribution is 2.21.